The smallest absolute Gasteiger partial charge is 0.285 e. The number of aromatic nitrogens is 4. The lowest BCUT2D eigenvalue weighted by molar-refractivity contribution is 0.624. The van der Waals surface area contributed by atoms with Crippen molar-refractivity contribution in [1.29, 1.82) is 0 Å². The Bertz CT molecular complexity index is 1060. The van der Waals surface area contributed by atoms with Gasteiger partial charge >= 0.3 is 0 Å². The monoisotopic (exact) mass is 387 g/mol. The third kappa shape index (κ3) is 3.12. The molecular weight excluding hydrogens is 369 g/mol. The Morgan fingerprint density at radius 3 is 2.93 bits per heavy atom. The second-order valence-electron chi connectivity index (χ2n) is 6.86. The van der Waals surface area contributed by atoms with Crippen molar-refractivity contribution in [3.8, 4) is 0 Å². The van der Waals surface area contributed by atoms with Gasteiger partial charge in [-0.1, -0.05) is 24.6 Å². The predicted molar refractivity (Wildman–Crippen MR) is 102 cm³/mol. The summed E-state index contributed by atoms with van der Waals surface area (Å²) in [5, 5.41) is 14.0. The molecule has 3 heterocycles. The van der Waals surface area contributed by atoms with Gasteiger partial charge in [0.2, 0.25) is 0 Å². The van der Waals surface area contributed by atoms with Gasteiger partial charge in [0.25, 0.3) is 5.56 Å². The molecule has 0 saturated carbocycles. The van der Waals surface area contributed by atoms with Crippen molar-refractivity contribution in [2.75, 3.05) is 11.4 Å². The number of nitrogens with zero attached hydrogens (tertiary/aromatic N) is 3. The zero-order chi connectivity index (χ0) is 19.1. The van der Waals surface area contributed by atoms with E-state index in [0.29, 0.717) is 18.8 Å². The Morgan fingerprint density at radius 2 is 2.15 bits per heavy atom. The van der Waals surface area contributed by atoms with E-state index in [1.807, 2.05) is 17.9 Å². The number of aryl methyl sites for hydroxylation is 1. The third-order valence-electron chi connectivity index (χ3n) is 5.19. The first-order valence-corrected chi connectivity index (χ1v) is 9.13. The molecule has 1 atom stereocenters. The van der Waals surface area contributed by atoms with Crippen molar-refractivity contribution in [2.45, 2.75) is 32.7 Å². The number of rotatable bonds is 3. The van der Waals surface area contributed by atoms with Gasteiger partial charge in [-0.2, -0.15) is 10.2 Å². The predicted octanol–water partition coefficient (Wildman–Crippen LogP) is 3.31. The molecule has 6 nitrogen and oxygen atoms in total. The Hall–Kier alpha value is -2.67. The van der Waals surface area contributed by atoms with E-state index in [-0.39, 0.29) is 16.8 Å². The first-order chi connectivity index (χ1) is 13.0. The van der Waals surface area contributed by atoms with Crippen LogP contribution in [0.5, 0.6) is 0 Å². The highest BCUT2D eigenvalue weighted by atomic mass is 35.5. The molecule has 2 N–H and O–H groups in total. The van der Waals surface area contributed by atoms with E-state index < -0.39 is 5.56 Å². The molecule has 0 aliphatic carbocycles. The summed E-state index contributed by atoms with van der Waals surface area (Å²) in [5.41, 5.74) is 5.36. The molecule has 4 rings (SSSR count). The summed E-state index contributed by atoms with van der Waals surface area (Å²) in [4.78, 5) is 13.7. The molecule has 0 amide bonds. The van der Waals surface area contributed by atoms with Gasteiger partial charge in [0, 0.05) is 18.0 Å². The molecule has 27 heavy (non-hydrogen) atoms. The third-order valence-corrected chi connectivity index (χ3v) is 5.56. The average Bonchev–Trinajstić information content (AvgIpc) is 3.06. The second-order valence-corrected chi connectivity index (χ2v) is 7.24. The van der Waals surface area contributed by atoms with Crippen molar-refractivity contribution in [2.24, 2.45) is 0 Å². The van der Waals surface area contributed by atoms with E-state index in [4.69, 9.17) is 11.6 Å². The van der Waals surface area contributed by atoms with Gasteiger partial charge in [-0.3, -0.25) is 9.89 Å². The topological polar surface area (TPSA) is 77.7 Å². The minimum absolute atomic E-state index is 0.0574. The first kappa shape index (κ1) is 17.7. The lowest BCUT2D eigenvalue weighted by Crippen LogP contribution is -2.32. The van der Waals surface area contributed by atoms with E-state index in [1.54, 1.807) is 12.3 Å². The molecule has 8 heteroatoms. The molecule has 0 fully saturated rings. The van der Waals surface area contributed by atoms with Crippen LogP contribution in [0.2, 0.25) is 5.02 Å². The molecular formula is C19H19ClFN5O. The summed E-state index contributed by atoms with van der Waals surface area (Å²) in [5.74, 6) is -0.173. The number of fused-ring (bicyclic) bond motifs is 1. The first-order valence-electron chi connectivity index (χ1n) is 8.76. The quantitative estimate of drug-likeness (QED) is 0.722. The minimum atomic E-state index is -0.398. The van der Waals surface area contributed by atoms with E-state index in [1.165, 1.54) is 11.6 Å². The largest absolute Gasteiger partial charge is 0.363 e. The van der Waals surface area contributed by atoms with Gasteiger partial charge in [0.1, 0.15) is 10.8 Å². The maximum Gasteiger partial charge on any atom is 0.285 e. The number of H-pyrrole nitrogens is 2. The van der Waals surface area contributed by atoms with Crippen LogP contribution < -0.4 is 10.5 Å². The highest BCUT2D eigenvalue weighted by Gasteiger charge is 2.27. The van der Waals surface area contributed by atoms with Crippen LogP contribution in [0, 0.1) is 12.7 Å². The number of anilines is 1. The summed E-state index contributed by atoms with van der Waals surface area (Å²) in [6, 6.07) is 4.86. The highest BCUT2D eigenvalue weighted by Crippen LogP contribution is 2.33. The van der Waals surface area contributed by atoms with E-state index in [0.717, 1.165) is 28.9 Å². The summed E-state index contributed by atoms with van der Waals surface area (Å²) < 4.78 is 13.4. The van der Waals surface area contributed by atoms with Gasteiger partial charge in [-0.15, -0.1) is 0 Å². The average molecular weight is 388 g/mol. The zero-order valence-corrected chi connectivity index (χ0v) is 15.8. The Kier molecular flexibility index (Phi) is 4.47. The molecule has 1 aromatic carbocycles. The summed E-state index contributed by atoms with van der Waals surface area (Å²) >= 11 is 6.14. The summed E-state index contributed by atoms with van der Waals surface area (Å²) in [6.45, 7) is 5.28. The van der Waals surface area contributed by atoms with Crippen LogP contribution in [-0.4, -0.2) is 26.9 Å². The fraction of sp³-hybridized carbons (Fsp3) is 0.316. The Morgan fingerprint density at radius 1 is 1.33 bits per heavy atom. The van der Waals surface area contributed by atoms with Gasteiger partial charge in [-0.25, -0.2) is 9.49 Å². The second kappa shape index (κ2) is 6.81. The van der Waals surface area contributed by atoms with Crippen molar-refractivity contribution >= 4 is 17.3 Å². The lowest BCUT2D eigenvalue weighted by atomic mass is 9.89. The summed E-state index contributed by atoms with van der Waals surface area (Å²) in [6.07, 6.45) is 2.34. The standard InChI is InChI=1S/C19H19ClFN5O/c1-10-7-12(21)3-4-13(10)11(2)18-14-5-6-26(9-15(14)23-24-18)16-8-22-25-19(27)17(16)20/h3-4,7-8,11H,5-6,9H2,1-2H3,(H,23,24)(H,25,27)/t11-/m1/s1. The fourth-order valence-electron chi connectivity index (χ4n) is 3.77. The molecule has 3 aromatic rings. The Labute approximate surface area is 160 Å². The van der Waals surface area contributed by atoms with E-state index >= 15 is 0 Å². The molecule has 0 bridgehead atoms. The molecule has 0 saturated heterocycles. The molecule has 0 spiro atoms. The molecule has 0 unspecified atom stereocenters. The van der Waals surface area contributed by atoms with Gasteiger partial charge < -0.3 is 4.90 Å². The number of nitrogens with one attached hydrogen (secondary N) is 2. The van der Waals surface area contributed by atoms with Crippen LogP contribution in [0.15, 0.2) is 29.2 Å². The molecule has 140 valence electrons. The lowest BCUT2D eigenvalue weighted by Gasteiger charge is -2.29. The molecule has 1 aliphatic heterocycles. The minimum Gasteiger partial charge on any atom is -0.363 e. The van der Waals surface area contributed by atoms with Crippen LogP contribution in [0.1, 0.15) is 40.9 Å². The van der Waals surface area contributed by atoms with Crippen LogP contribution >= 0.6 is 11.6 Å². The van der Waals surface area contributed by atoms with Crippen molar-refractivity contribution in [3.05, 3.63) is 73.7 Å². The van der Waals surface area contributed by atoms with Crippen molar-refractivity contribution in [1.82, 2.24) is 20.4 Å². The SMILES string of the molecule is Cc1cc(F)ccc1[C@@H](C)c1n[nH]c2c1CCN(c1cn[nH]c(=O)c1Cl)C2. The number of benzene rings is 1. The number of hydrogen-bond acceptors (Lipinski definition) is 4. The van der Waals surface area contributed by atoms with Crippen molar-refractivity contribution < 1.29 is 4.39 Å². The van der Waals surface area contributed by atoms with Gasteiger partial charge in [0.15, 0.2) is 0 Å². The molecule has 2 aromatic heterocycles. The number of hydrogen-bond donors (Lipinski definition) is 2. The maximum absolute atomic E-state index is 13.4. The normalized spacial score (nSPS) is 14.9. The highest BCUT2D eigenvalue weighted by molar-refractivity contribution is 6.32. The van der Waals surface area contributed by atoms with Crippen molar-refractivity contribution in [3.63, 3.8) is 0 Å². The van der Waals surface area contributed by atoms with Crippen LogP contribution in [0.4, 0.5) is 10.1 Å². The molecule has 1 aliphatic rings. The van der Waals surface area contributed by atoms with Crippen LogP contribution in [-0.2, 0) is 13.0 Å². The Balaban J connectivity index is 1.64. The van der Waals surface area contributed by atoms with E-state index in [2.05, 4.69) is 27.3 Å². The van der Waals surface area contributed by atoms with Crippen LogP contribution in [0.3, 0.4) is 0 Å². The number of halogens is 2. The van der Waals surface area contributed by atoms with Gasteiger partial charge in [-0.05, 0) is 36.6 Å². The fourth-order valence-corrected chi connectivity index (χ4v) is 3.98. The number of aromatic amines is 2. The van der Waals surface area contributed by atoms with E-state index in [9.17, 15) is 9.18 Å². The zero-order valence-electron chi connectivity index (χ0n) is 15.0. The van der Waals surface area contributed by atoms with Crippen LogP contribution in [0.25, 0.3) is 0 Å². The summed E-state index contributed by atoms with van der Waals surface area (Å²) in [7, 11) is 0. The molecule has 0 radical (unpaired) electrons. The maximum atomic E-state index is 13.4. The van der Waals surface area contributed by atoms with Gasteiger partial charge in [0.05, 0.1) is 29.8 Å².